The van der Waals surface area contributed by atoms with Gasteiger partial charge in [-0.25, -0.2) is 4.98 Å². The van der Waals surface area contributed by atoms with Gasteiger partial charge < -0.3 is 10.1 Å². The van der Waals surface area contributed by atoms with Crippen molar-refractivity contribution < 1.29 is 4.74 Å². The zero-order valence-corrected chi connectivity index (χ0v) is 14.7. The molecule has 1 aliphatic carbocycles. The Labute approximate surface area is 152 Å². The zero-order valence-electron chi connectivity index (χ0n) is 14.7. The molecule has 0 bridgehead atoms. The van der Waals surface area contributed by atoms with Crippen LogP contribution >= 0.6 is 0 Å². The van der Waals surface area contributed by atoms with Gasteiger partial charge in [0.2, 0.25) is 5.88 Å². The fourth-order valence-corrected chi connectivity index (χ4v) is 2.98. The van der Waals surface area contributed by atoms with E-state index in [2.05, 4.69) is 31.3 Å². The highest BCUT2D eigenvalue weighted by Crippen LogP contribution is 2.46. The molecule has 2 unspecified atom stereocenters. The topological polar surface area (TPSA) is 72.8 Å². The summed E-state index contributed by atoms with van der Waals surface area (Å²) in [4.78, 5) is 17.4. The molecule has 1 fully saturated rings. The number of rotatable bonds is 7. The number of hydrogen-bond acceptors (Lipinski definition) is 6. The van der Waals surface area contributed by atoms with Gasteiger partial charge in [-0.2, -0.15) is 4.98 Å². The summed E-state index contributed by atoms with van der Waals surface area (Å²) in [7, 11) is 0. The molecular formula is C20H21N5O. The highest BCUT2D eigenvalue weighted by molar-refractivity contribution is 5.39. The largest absolute Gasteiger partial charge is 0.477 e. The van der Waals surface area contributed by atoms with Gasteiger partial charge >= 0.3 is 0 Å². The van der Waals surface area contributed by atoms with Gasteiger partial charge in [0.15, 0.2) is 0 Å². The quantitative estimate of drug-likeness (QED) is 0.706. The Hall–Kier alpha value is -3.02. The maximum Gasteiger partial charge on any atom is 0.218 e. The molecule has 132 valence electrons. The van der Waals surface area contributed by atoms with Crippen molar-refractivity contribution in [3.63, 3.8) is 0 Å². The lowest BCUT2D eigenvalue weighted by Gasteiger charge is -2.10. The molecule has 3 aromatic heterocycles. The minimum absolute atomic E-state index is 0.502. The fourth-order valence-electron chi connectivity index (χ4n) is 2.98. The molecule has 0 spiro atoms. The highest BCUT2D eigenvalue weighted by Gasteiger charge is 2.39. The fraction of sp³-hybridized carbons (Fsp3) is 0.300. The smallest absolute Gasteiger partial charge is 0.218 e. The number of ether oxygens (including phenoxy) is 1. The Morgan fingerprint density at radius 3 is 2.92 bits per heavy atom. The molecule has 3 heterocycles. The first-order chi connectivity index (χ1) is 12.8. The minimum atomic E-state index is 0.502. The van der Waals surface area contributed by atoms with Crippen LogP contribution in [0.15, 0.2) is 55.0 Å². The van der Waals surface area contributed by atoms with Crippen molar-refractivity contribution >= 4 is 5.82 Å². The van der Waals surface area contributed by atoms with E-state index in [9.17, 15) is 0 Å². The summed E-state index contributed by atoms with van der Waals surface area (Å²) >= 11 is 0. The highest BCUT2D eigenvalue weighted by atomic mass is 16.5. The Morgan fingerprint density at radius 1 is 1.15 bits per heavy atom. The molecule has 6 nitrogen and oxygen atoms in total. The zero-order chi connectivity index (χ0) is 17.8. The molecule has 4 rings (SSSR count). The second-order valence-corrected chi connectivity index (χ2v) is 6.52. The normalized spacial score (nSPS) is 18.3. The van der Waals surface area contributed by atoms with Crippen molar-refractivity contribution in [2.24, 2.45) is 5.92 Å². The molecule has 0 amide bonds. The van der Waals surface area contributed by atoms with Gasteiger partial charge in [0.1, 0.15) is 11.6 Å². The van der Waals surface area contributed by atoms with Crippen LogP contribution in [0.1, 0.15) is 29.4 Å². The summed E-state index contributed by atoms with van der Waals surface area (Å²) in [5.74, 6) is 3.06. The van der Waals surface area contributed by atoms with E-state index in [4.69, 9.17) is 4.74 Å². The first kappa shape index (κ1) is 16.4. The number of aromatic nitrogens is 4. The van der Waals surface area contributed by atoms with Gasteiger partial charge in [0.05, 0.1) is 6.61 Å². The number of anilines is 1. The molecule has 26 heavy (non-hydrogen) atoms. The van der Waals surface area contributed by atoms with Gasteiger partial charge in [0, 0.05) is 48.7 Å². The van der Waals surface area contributed by atoms with E-state index in [1.165, 1.54) is 0 Å². The Kier molecular flexibility index (Phi) is 4.73. The van der Waals surface area contributed by atoms with Crippen LogP contribution in [-0.2, 0) is 6.54 Å². The van der Waals surface area contributed by atoms with Crippen LogP contribution in [0, 0.1) is 12.8 Å². The number of aryl methyl sites for hydroxylation is 1. The third-order valence-electron chi connectivity index (χ3n) is 4.45. The van der Waals surface area contributed by atoms with Crippen molar-refractivity contribution in [3.05, 3.63) is 72.1 Å². The lowest BCUT2D eigenvalue weighted by Crippen LogP contribution is -2.07. The standard InChI is InChI=1S/C20H21N5O/c1-14-24-19(23-12-15-5-4-7-21-11-15)10-20(25-14)26-13-16-9-17(16)18-6-2-3-8-22-18/h2-8,10-11,16-17H,9,12-13H2,1H3,(H,23,24,25). The molecule has 1 N–H and O–H groups in total. The summed E-state index contributed by atoms with van der Waals surface area (Å²) in [6, 6.07) is 11.9. The van der Waals surface area contributed by atoms with E-state index in [-0.39, 0.29) is 0 Å². The predicted octanol–water partition coefficient (Wildman–Crippen LogP) is 3.37. The number of pyridine rings is 2. The van der Waals surface area contributed by atoms with Gasteiger partial charge in [-0.15, -0.1) is 0 Å². The molecule has 6 heteroatoms. The third-order valence-corrected chi connectivity index (χ3v) is 4.45. The summed E-state index contributed by atoms with van der Waals surface area (Å²) in [6.07, 6.45) is 6.57. The molecule has 3 aromatic rings. The second kappa shape index (κ2) is 7.47. The Balaban J connectivity index is 1.33. The van der Waals surface area contributed by atoms with Crippen LogP contribution in [0.5, 0.6) is 5.88 Å². The molecule has 2 atom stereocenters. The van der Waals surface area contributed by atoms with Crippen LogP contribution in [0.3, 0.4) is 0 Å². The number of nitrogens with one attached hydrogen (secondary N) is 1. The van der Waals surface area contributed by atoms with Gasteiger partial charge in [-0.05, 0) is 37.1 Å². The molecule has 0 aliphatic heterocycles. The van der Waals surface area contributed by atoms with Crippen molar-refractivity contribution in [2.75, 3.05) is 11.9 Å². The van der Waals surface area contributed by atoms with Crippen molar-refractivity contribution in [3.8, 4) is 5.88 Å². The molecule has 0 saturated heterocycles. The van der Waals surface area contributed by atoms with Crippen LogP contribution in [0.4, 0.5) is 5.82 Å². The van der Waals surface area contributed by atoms with Crippen molar-refractivity contribution in [1.82, 2.24) is 19.9 Å². The van der Waals surface area contributed by atoms with Crippen LogP contribution in [0.2, 0.25) is 0 Å². The van der Waals surface area contributed by atoms with Gasteiger partial charge in [-0.3, -0.25) is 9.97 Å². The first-order valence-corrected chi connectivity index (χ1v) is 8.80. The SMILES string of the molecule is Cc1nc(NCc2cccnc2)cc(OCC2CC2c2ccccn2)n1. The molecule has 0 aromatic carbocycles. The van der Waals surface area contributed by atoms with E-state index in [1.807, 2.05) is 49.6 Å². The number of nitrogens with zero attached hydrogens (tertiary/aromatic N) is 4. The van der Waals surface area contributed by atoms with Crippen molar-refractivity contribution in [2.45, 2.75) is 25.8 Å². The average molecular weight is 347 g/mol. The van der Waals surface area contributed by atoms with E-state index >= 15 is 0 Å². The van der Waals surface area contributed by atoms with Crippen LogP contribution in [0.25, 0.3) is 0 Å². The lowest BCUT2D eigenvalue weighted by molar-refractivity contribution is 0.284. The predicted molar refractivity (Wildman–Crippen MR) is 98.9 cm³/mol. The summed E-state index contributed by atoms with van der Waals surface area (Å²) in [5, 5.41) is 3.30. The molecule has 1 saturated carbocycles. The summed E-state index contributed by atoms with van der Waals surface area (Å²) in [6.45, 7) is 3.18. The van der Waals surface area contributed by atoms with Gasteiger partial charge in [0.25, 0.3) is 0 Å². The third kappa shape index (κ3) is 4.14. The average Bonchev–Trinajstić information content (AvgIpc) is 3.46. The maximum atomic E-state index is 5.92. The summed E-state index contributed by atoms with van der Waals surface area (Å²) < 4.78 is 5.92. The number of hydrogen-bond donors (Lipinski definition) is 1. The lowest BCUT2D eigenvalue weighted by atomic mass is 10.2. The van der Waals surface area contributed by atoms with E-state index in [0.29, 0.717) is 36.7 Å². The van der Waals surface area contributed by atoms with E-state index in [0.717, 1.165) is 23.5 Å². The minimum Gasteiger partial charge on any atom is -0.477 e. The Bertz CT molecular complexity index is 857. The maximum absolute atomic E-state index is 5.92. The summed E-state index contributed by atoms with van der Waals surface area (Å²) in [5.41, 5.74) is 2.25. The Morgan fingerprint density at radius 2 is 2.12 bits per heavy atom. The van der Waals surface area contributed by atoms with Crippen LogP contribution < -0.4 is 10.1 Å². The van der Waals surface area contributed by atoms with E-state index in [1.54, 1.807) is 6.20 Å². The molecular weight excluding hydrogens is 326 g/mol. The molecule has 0 radical (unpaired) electrons. The van der Waals surface area contributed by atoms with Crippen molar-refractivity contribution in [1.29, 1.82) is 0 Å². The van der Waals surface area contributed by atoms with Crippen LogP contribution in [-0.4, -0.2) is 26.5 Å². The van der Waals surface area contributed by atoms with Gasteiger partial charge in [-0.1, -0.05) is 12.1 Å². The first-order valence-electron chi connectivity index (χ1n) is 8.80. The monoisotopic (exact) mass is 347 g/mol. The van der Waals surface area contributed by atoms with E-state index < -0.39 is 0 Å². The second-order valence-electron chi connectivity index (χ2n) is 6.52. The molecule has 1 aliphatic rings.